The Morgan fingerprint density at radius 3 is 2.64 bits per heavy atom. The second kappa shape index (κ2) is 8.01. The van der Waals surface area contributed by atoms with E-state index in [2.05, 4.69) is 33.9 Å². The Morgan fingerprint density at radius 1 is 1.11 bits per heavy atom. The number of aryl methyl sites for hydroxylation is 2. The molecule has 1 saturated heterocycles. The van der Waals surface area contributed by atoms with Gasteiger partial charge in [-0.3, -0.25) is 4.90 Å². The lowest BCUT2D eigenvalue weighted by Gasteiger charge is -2.35. The Labute approximate surface area is 169 Å². The zero-order valence-electron chi connectivity index (χ0n) is 16.8. The summed E-state index contributed by atoms with van der Waals surface area (Å²) in [6, 6.07) is 8.38. The van der Waals surface area contributed by atoms with Crippen molar-refractivity contribution in [2.24, 2.45) is 0 Å². The van der Waals surface area contributed by atoms with E-state index in [4.69, 9.17) is 14.5 Å². The summed E-state index contributed by atoms with van der Waals surface area (Å²) >= 11 is 1.70. The molecule has 3 aromatic heterocycles. The number of pyridine rings is 2. The van der Waals surface area contributed by atoms with Crippen LogP contribution in [0.5, 0.6) is 11.6 Å². The van der Waals surface area contributed by atoms with Crippen molar-refractivity contribution in [3.63, 3.8) is 0 Å². The molecule has 0 unspecified atom stereocenters. The van der Waals surface area contributed by atoms with Crippen LogP contribution in [0.3, 0.4) is 0 Å². The molecule has 28 heavy (non-hydrogen) atoms. The molecular formula is C21H26N4O2S. The van der Waals surface area contributed by atoms with Crippen molar-refractivity contribution >= 4 is 21.7 Å². The topological polar surface area (TPSA) is 60.4 Å². The van der Waals surface area contributed by atoms with Crippen molar-refractivity contribution < 1.29 is 9.47 Å². The molecule has 0 aliphatic carbocycles. The fourth-order valence-electron chi connectivity index (χ4n) is 3.71. The van der Waals surface area contributed by atoms with Crippen molar-refractivity contribution in [3.8, 4) is 11.6 Å². The first-order chi connectivity index (χ1) is 13.5. The van der Waals surface area contributed by atoms with Crippen LogP contribution in [0.1, 0.15) is 42.2 Å². The smallest absolute Gasteiger partial charge is 0.216 e. The number of likely N-dealkylation sites (tertiary alicyclic amines) is 1. The Morgan fingerprint density at radius 2 is 1.89 bits per heavy atom. The van der Waals surface area contributed by atoms with Crippen LogP contribution in [0.25, 0.3) is 10.3 Å². The Hall–Kier alpha value is -2.25. The van der Waals surface area contributed by atoms with Crippen LogP contribution in [0.2, 0.25) is 0 Å². The number of hydrogen-bond acceptors (Lipinski definition) is 7. The van der Waals surface area contributed by atoms with Gasteiger partial charge in [0.25, 0.3) is 0 Å². The van der Waals surface area contributed by atoms with Gasteiger partial charge in [-0.25, -0.2) is 15.0 Å². The summed E-state index contributed by atoms with van der Waals surface area (Å²) in [5, 5.41) is 1.06. The zero-order valence-corrected chi connectivity index (χ0v) is 17.6. The molecule has 4 heterocycles. The third-order valence-corrected chi connectivity index (χ3v) is 6.17. The summed E-state index contributed by atoms with van der Waals surface area (Å²) in [5.74, 6) is 1.43. The first-order valence-electron chi connectivity index (χ1n) is 9.69. The molecule has 6 nitrogen and oxygen atoms in total. The van der Waals surface area contributed by atoms with Gasteiger partial charge in [-0.1, -0.05) is 0 Å². The SMILES string of the molecule is COc1cc(OC2CCN([C@@H](C)c3ccc4sc(C)nc4n3)CC2)cc(C)n1. The van der Waals surface area contributed by atoms with Crippen LogP contribution in [0.4, 0.5) is 0 Å². The summed E-state index contributed by atoms with van der Waals surface area (Å²) in [6.07, 6.45) is 2.20. The van der Waals surface area contributed by atoms with Crippen LogP contribution in [0, 0.1) is 13.8 Å². The van der Waals surface area contributed by atoms with E-state index in [9.17, 15) is 0 Å². The minimum atomic E-state index is 0.214. The lowest BCUT2D eigenvalue weighted by atomic mass is 10.0. The van der Waals surface area contributed by atoms with Gasteiger partial charge >= 0.3 is 0 Å². The number of thiazole rings is 1. The summed E-state index contributed by atoms with van der Waals surface area (Å²) in [7, 11) is 1.63. The van der Waals surface area contributed by atoms with Crippen LogP contribution in [0.15, 0.2) is 24.3 Å². The van der Waals surface area contributed by atoms with Gasteiger partial charge in [0.2, 0.25) is 5.88 Å². The first kappa shape index (κ1) is 19.1. The monoisotopic (exact) mass is 398 g/mol. The van der Waals surface area contributed by atoms with Crippen molar-refractivity contribution in [2.75, 3.05) is 20.2 Å². The Bertz CT molecular complexity index is 966. The maximum Gasteiger partial charge on any atom is 0.216 e. The number of aromatic nitrogens is 3. The molecule has 1 fully saturated rings. The van der Waals surface area contributed by atoms with E-state index in [1.54, 1.807) is 18.4 Å². The van der Waals surface area contributed by atoms with Crippen LogP contribution in [-0.2, 0) is 0 Å². The molecule has 0 saturated carbocycles. The van der Waals surface area contributed by atoms with Gasteiger partial charge < -0.3 is 9.47 Å². The summed E-state index contributed by atoms with van der Waals surface area (Å²) in [5.41, 5.74) is 2.86. The molecule has 0 N–H and O–H groups in total. The number of fused-ring (bicyclic) bond motifs is 1. The molecule has 148 valence electrons. The lowest BCUT2D eigenvalue weighted by molar-refractivity contribution is 0.0785. The molecule has 0 bridgehead atoms. The second-order valence-corrected chi connectivity index (χ2v) is 8.54. The molecule has 0 amide bonds. The summed E-state index contributed by atoms with van der Waals surface area (Å²) in [4.78, 5) is 16.1. The predicted octanol–water partition coefficient (Wildman–Crippen LogP) is 4.32. The normalized spacial score (nSPS) is 17.0. The van der Waals surface area contributed by atoms with Crippen molar-refractivity contribution in [3.05, 3.63) is 40.7 Å². The van der Waals surface area contributed by atoms with Crippen molar-refractivity contribution in [2.45, 2.75) is 45.8 Å². The van der Waals surface area contributed by atoms with Gasteiger partial charge in [-0.2, -0.15) is 0 Å². The lowest BCUT2D eigenvalue weighted by Crippen LogP contribution is -2.39. The molecule has 1 aliphatic rings. The van der Waals surface area contributed by atoms with E-state index in [-0.39, 0.29) is 12.1 Å². The molecule has 1 aliphatic heterocycles. The maximum atomic E-state index is 6.20. The molecule has 0 aromatic carbocycles. The maximum absolute atomic E-state index is 6.20. The van der Waals surface area contributed by atoms with Gasteiger partial charge in [0, 0.05) is 37.0 Å². The molecule has 1 atom stereocenters. The van der Waals surface area contributed by atoms with Gasteiger partial charge in [-0.05, 0) is 45.7 Å². The van der Waals surface area contributed by atoms with E-state index in [1.807, 2.05) is 26.0 Å². The average molecular weight is 399 g/mol. The van der Waals surface area contributed by atoms with Gasteiger partial charge in [0.15, 0.2) is 5.65 Å². The number of hydrogen-bond donors (Lipinski definition) is 0. The summed E-state index contributed by atoms with van der Waals surface area (Å²) in [6.45, 7) is 8.19. The minimum absolute atomic E-state index is 0.214. The molecule has 0 spiro atoms. The van der Waals surface area contributed by atoms with E-state index in [0.29, 0.717) is 5.88 Å². The molecule has 7 heteroatoms. The number of piperidine rings is 1. The van der Waals surface area contributed by atoms with E-state index in [1.165, 1.54) is 0 Å². The third kappa shape index (κ3) is 4.10. The van der Waals surface area contributed by atoms with E-state index >= 15 is 0 Å². The standard InChI is InChI=1S/C21H26N4O2S/c1-13-11-17(12-20(22-13)26-4)27-16-7-9-25(10-8-16)14(2)18-5-6-19-21(24-18)23-15(3)28-19/h5-6,11-12,14,16H,7-10H2,1-4H3/t14-/m0/s1. The van der Waals surface area contributed by atoms with Gasteiger partial charge in [-0.15, -0.1) is 11.3 Å². The minimum Gasteiger partial charge on any atom is -0.490 e. The molecular weight excluding hydrogens is 372 g/mol. The Kier molecular flexibility index (Phi) is 5.46. The number of rotatable bonds is 5. The van der Waals surface area contributed by atoms with E-state index in [0.717, 1.165) is 58.4 Å². The highest BCUT2D eigenvalue weighted by molar-refractivity contribution is 7.18. The van der Waals surface area contributed by atoms with Gasteiger partial charge in [0.05, 0.1) is 22.5 Å². The summed E-state index contributed by atoms with van der Waals surface area (Å²) < 4.78 is 12.6. The van der Waals surface area contributed by atoms with Crippen molar-refractivity contribution in [1.82, 2.24) is 19.9 Å². The Balaban J connectivity index is 1.38. The third-order valence-electron chi connectivity index (χ3n) is 5.25. The second-order valence-electron chi connectivity index (χ2n) is 7.31. The molecule has 3 aromatic rings. The fourth-order valence-corrected chi connectivity index (χ4v) is 4.48. The highest BCUT2D eigenvalue weighted by Crippen LogP contribution is 2.28. The van der Waals surface area contributed by atoms with Crippen LogP contribution >= 0.6 is 11.3 Å². The molecule has 0 radical (unpaired) electrons. The van der Waals surface area contributed by atoms with Crippen molar-refractivity contribution in [1.29, 1.82) is 0 Å². The van der Waals surface area contributed by atoms with Crippen LogP contribution < -0.4 is 9.47 Å². The highest BCUT2D eigenvalue weighted by atomic mass is 32.1. The average Bonchev–Trinajstić information content (AvgIpc) is 3.06. The number of nitrogens with zero attached hydrogens (tertiary/aromatic N) is 4. The largest absolute Gasteiger partial charge is 0.490 e. The zero-order chi connectivity index (χ0) is 19.7. The van der Waals surface area contributed by atoms with E-state index < -0.39 is 0 Å². The fraction of sp³-hybridized carbons (Fsp3) is 0.476. The quantitative estimate of drug-likeness (QED) is 0.638. The van der Waals surface area contributed by atoms with Gasteiger partial charge in [0.1, 0.15) is 11.9 Å². The number of ether oxygens (including phenoxy) is 2. The van der Waals surface area contributed by atoms with Crippen LogP contribution in [-0.4, -0.2) is 46.2 Å². The highest BCUT2D eigenvalue weighted by Gasteiger charge is 2.25. The first-order valence-corrected chi connectivity index (χ1v) is 10.5. The predicted molar refractivity (Wildman–Crippen MR) is 111 cm³/mol. The molecule has 4 rings (SSSR count). The number of methoxy groups -OCH3 is 1.